The molecule has 5 heteroatoms. The summed E-state index contributed by atoms with van der Waals surface area (Å²) >= 11 is 0. The van der Waals surface area contributed by atoms with E-state index < -0.39 is 0 Å². The first-order valence-corrected chi connectivity index (χ1v) is 7.06. The largest absolute Gasteiger partial charge is 0.441 e. The Morgan fingerprint density at radius 1 is 1.33 bits per heavy atom. The van der Waals surface area contributed by atoms with E-state index >= 15 is 0 Å². The Morgan fingerprint density at radius 3 is 2.71 bits per heavy atom. The Morgan fingerprint density at radius 2 is 2.05 bits per heavy atom. The van der Waals surface area contributed by atoms with Gasteiger partial charge in [0.2, 0.25) is 11.8 Å². The Balaban J connectivity index is 2.01. The lowest BCUT2D eigenvalue weighted by atomic mass is 10.2. The zero-order valence-corrected chi connectivity index (χ0v) is 12.6. The maximum absolute atomic E-state index is 11.9. The number of nitrogens with zero attached hydrogens (tertiary/aromatic N) is 1. The minimum absolute atomic E-state index is 0.0480. The number of oxazole rings is 1. The molecule has 0 aliphatic carbocycles. The van der Waals surface area contributed by atoms with Crippen LogP contribution in [0.1, 0.15) is 18.4 Å². The number of rotatable bonds is 6. The number of hydrogen-bond acceptors (Lipinski definition) is 4. The number of aryl methyl sites for hydroxylation is 1. The van der Waals surface area contributed by atoms with E-state index in [4.69, 9.17) is 4.42 Å². The number of hydrogen-bond donors (Lipinski definition) is 2. The van der Waals surface area contributed by atoms with Crippen molar-refractivity contribution in [3.63, 3.8) is 0 Å². The van der Waals surface area contributed by atoms with Crippen molar-refractivity contribution in [1.29, 1.82) is 0 Å². The molecular weight excluding hydrogens is 266 g/mol. The second-order valence-electron chi connectivity index (χ2n) is 5.06. The Kier molecular flexibility index (Phi) is 5.11. The molecule has 0 aliphatic heterocycles. The summed E-state index contributed by atoms with van der Waals surface area (Å²) in [6, 6.07) is 9.91. The van der Waals surface area contributed by atoms with Gasteiger partial charge in [-0.3, -0.25) is 4.79 Å². The van der Waals surface area contributed by atoms with Crippen LogP contribution in [0.3, 0.4) is 0 Å². The molecule has 112 valence electrons. The summed E-state index contributed by atoms with van der Waals surface area (Å²) in [5, 5.41) is 5.95. The molecule has 0 aliphatic rings. The average Bonchev–Trinajstić information content (AvgIpc) is 2.86. The molecule has 0 radical (unpaired) electrons. The predicted octanol–water partition coefficient (Wildman–Crippen LogP) is 1.92. The fraction of sp³-hybridized carbons (Fsp3) is 0.375. The first kappa shape index (κ1) is 15.3. The van der Waals surface area contributed by atoms with E-state index in [0.717, 1.165) is 5.56 Å². The van der Waals surface area contributed by atoms with Gasteiger partial charge in [0.25, 0.3) is 0 Å². The number of benzene rings is 1. The smallest absolute Gasteiger partial charge is 0.226 e. The highest BCUT2D eigenvalue weighted by Gasteiger charge is 2.14. The standard InChI is InChI=1S/C16H21N3O2/c1-11(17-3)10-18-15(20)9-14-12(2)21-16(19-14)13-7-5-4-6-8-13/h4-8,11,17H,9-10H2,1-3H3,(H,18,20). The van der Waals surface area contributed by atoms with Gasteiger partial charge < -0.3 is 15.1 Å². The van der Waals surface area contributed by atoms with Crippen molar-refractivity contribution in [3.8, 4) is 11.5 Å². The average molecular weight is 287 g/mol. The quantitative estimate of drug-likeness (QED) is 0.852. The fourth-order valence-corrected chi connectivity index (χ4v) is 1.88. The third kappa shape index (κ3) is 4.16. The van der Waals surface area contributed by atoms with E-state index in [1.54, 1.807) is 0 Å². The van der Waals surface area contributed by atoms with Crippen LogP contribution in [0.5, 0.6) is 0 Å². The van der Waals surface area contributed by atoms with Crippen LogP contribution in [0, 0.1) is 6.92 Å². The number of aromatic nitrogens is 1. The molecule has 0 saturated carbocycles. The molecule has 1 amide bonds. The van der Waals surface area contributed by atoms with Crippen molar-refractivity contribution in [2.75, 3.05) is 13.6 Å². The highest BCUT2D eigenvalue weighted by atomic mass is 16.4. The lowest BCUT2D eigenvalue weighted by Crippen LogP contribution is -2.37. The van der Waals surface area contributed by atoms with Gasteiger partial charge >= 0.3 is 0 Å². The van der Waals surface area contributed by atoms with Gasteiger partial charge in [-0.25, -0.2) is 4.98 Å². The van der Waals surface area contributed by atoms with Crippen molar-refractivity contribution in [2.45, 2.75) is 26.3 Å². The van der Waals surface area contributed by atoms with E-state index in [-0.39, 0.29) is 18.4 Å². The van der Waals surface area contributed by atoms with Crippen LogP contribution in [-0.2, 0) is 11.2 Å². The van der Waals surface area contributed by atoms with Gasteiger partial charge in [0.1, 0.15) is 5.76 Å². The maximum atomic E-state index is 11.9. The molecular formula is C16H21N3O2. The van der Waals surface area contributed by atoms with Crippen molar-refractivity contribution in [1.82, 2.24) is 15.6 Å². The van der Waals surface area contributed by atoms with Crippen molar-refractivity contribution in [3.05, 3.63) is 41.8 Å². The molecule has 5 nitrogen and oxygen atoms in total. The van der Waals surface area contributed by atoms with E-state index in [0.29, 0.717) is 23.9 Å². The van der Waals surface area contributed by atoms with E-state index in [9.17, 15) is 4.79 Å². The Labute approximate surface area is 124 Å². The number of likely N-dealkylation sites (N-methyl/N-ethyl adjacent to an activating group) is 1. The molecule has 1 unspecified atom stereocenters. The van der Waals surface area contributed by atoms with Crippen molar-refractivity contribution in [2.24, 2.45) is 0 Å². The molecule has 1 aromatic carbocycles. The monoisotopic (exact) mass is 287 g/mol. The summed E-state index contributed by atoms with van der Waals surface area (Å²) in [5.41, 5.74) is 1.60. The molecule has 2 N–H and O–H groups in total. The molecule has 0 spiro atoms. The van der Waals surface area contributed by atoms with Crippen LogP contribution in [0.25, 0.3) is 11.5 Å². The first-order chi connectivity index (χ1) is 10.1. The van der Waals surface area contributed by atoms with Gasteiger partial charge in [0.05, 0.1) is 12.1 Å². The normalized spacial score (nSPS) is 12.1. The van der Waals surface area contributed by atoms with Gasteiger partial charge in [0.15, 0.2) is 0 Å². The van der Waals surface area contributed by atoms with Crippen LogP contribution in [-0.4, -0.2) is 30.5 Å². The predicted molar refractivity (Wildman–Crippen MR) is 81.9 cm³/mol. The third-order valence-corrected chi connectivity index (χ3v) is 3.34. The van der Waals surface area contributed by atoms with Gasteiger partial charge in [-0.05, 0) is 33.0 Å². The SMILES string of the molecule is CNC(C)CNC(=O)Cc1nc(-c2ccccc2)oc1C. The summed E-state index contributed by atoms with van der Waals surface area (Å²) in [5.74, 6) is 1.19. The minimum atomic E-state index is -0.0480. The lowest BCUT2D eigenvalue weighted by Gasteiger charge is -2.10. The molecule has 0 bridgehead atoms. The first-order valence-electron chi connectivity index (χ1n) is 7.06. The molecule has 21 heavy (non-hydrogen) atoms. The Bertz CT molecular complexity index is 593. The highest BCUT2D eigenvalue weighted by molar-refractivity contribution is 5.78. The summed E-state index contributed by atoms with van der Waals surface area (Å²) in [4.78, 5) is 16.3. The van der Waals surface area contributed by atoms with Crippen LogP contribution >= 0.6 is 0 Å². The zero-order valence-electron chi connectivity index (χ0n) is 12.6. The lowest BCUT2D eigenvalue weighted by molar-refractivity contribution is -0.120. The molecule has 0 saturated heterocycles. The zero-order chi connectivity index (χ0) is 15.2. The summed E-state index contributed by atoms with van der Waals surface area (Å²) < 4.78 is 5.64. The van der Waals surface area contributed by atoms with E-state index in [1.807, 2.05) is 51.2 Å². The third-order valence-electron chi connectivity index (χ3n) is 3.34. The number of amides is 1. The minimum Gasteiger partial charge on any atom is -0.441 e. The van der Waals surface area contributed by atoms with Gasteiger partial charge in [-0.15, -0.1) is 0 Å². The van der Waals surface area contributed by atoms with Crippen LogP contribution in [0.4, 0.5) is 0 Å². The van der Waals surface area contributed by atoms with Gasteiger partial charge in [-0.1, -0.05) is 18.2 Å². The molecule has 1 heterocycles. The molecule has 2 aromatic rings. The number of carbonyl (C=O) groups is 1. The summed E-state index contributed by atoms with van der Waals surface area (Å²) in [7, 11) is 1.87. The van der Waals surface area contributed by atoms with E-state index in [2.05, 4.69) is 15.6 Å². The summed E-state index contributed by atoms with van der Waals surface area (Å²) in [6.45, 7) is 4.44. The summed E-state index contributed by atoms with van der Waals surface area (Å²) in [6.07, 6.45) is 0.235. The van der Waals surface area contributed by atoms with E-state index in [1.165, 1.54) is 0 Å². The Hall–Kier alpha value is -2.14. The fourth-order valence-electron chi connectivity index (χ4n) is 1.88. The number of carbonyl (C=O) groups excluding carboxylic acids is 1. The number of nitrogens with one attached hydrogen (secondary N) is 2. The van der Waals surface area contributed by atoms with Crippen molar-refractivity contribution >= 4 is 5.91 Å². The molecule has 2 rings (SSSR count). The van der Waals surface area contributed by atoms with Gasteiger partial charge in [-0.2, -0.15) is 0 Å². The molecule has 0 fully saturated rings. The second-order valence-corrected chi connectivity index (χ2v) is 5.06. The van der Waals surface area contributed by atoms with Crippen LogP contribution < -0.4 is 10.6 Å². The highest BCUT2D eigenvalue weighted by Crippen LogP contribution is 2.21. The van der Waals surface area contributed by atoms with Crippen molar-refractivity contribution < 1.29 is 9.21 Å². The molecule has 1 aromatic heterocycles. The van der Waals surface area contributed by atoms with Gasteiger partial charge in [0, 0.05) is 18.2 Å². The molecule has 1 atom stereocenters. The topological polar surface area (TPSA) is 67.2 Å². The van der Waals surface area contributed by atoms with Crippen LogP contribution in [0.15, 0.2) is 34.7 Å². The second kappa shape index (κ2) is 7.04. The maximum Gasteiger partial charge on any atom is 0.226 e. The van der Waals surface area contributed by atoms with Crippen LogP contribution in [0.2, 0.25) is 0 Å².